The standard InChI is InChI=1S/C16H26N4S/c1-12(2)17-11-15-13(3)18-20(5)16(15)19(4)9-8-14-7-6-10-21-14/h6-7,10,12,17H,8-9,11H2,1-5H3. The molecular weight excluding hydrogens is 280 g/mol. The van der Waals surface area contributed by atoms with Gasteiger partial charge in [-0.2, -0.15) is 5.10 Å². The highest BCUT2D eigenvalue weighted by molar-refractivity contribution is 7.09. The first-order valence-electron chi connectivity index (χ1n) is 7.48. The maximum absolute atomic E-state index is 4.59. The Balaban J connectivity index is 2.09. The lowest BCUT2D eigenvalue weighted by Crippen LogP contribution is -2.27. The number of likely N-dealkylation sites (N-methyl/N-ethyl adjacent to an activating group) is 1. The molecule has 2 aromatic heterocycles. The summed E-state index contributed by atoms with van der Waals surface area (Å²) in [6, 6.07) is 4.80. The normalized spacial score (nSPS) is 11.3. The second kappa shape index (κ2) is 7.09. The van der Waals surface area contributed by atoms with Gasteiger partial charge in [-0.05, 0) is 24.8 Å². The van der Waals surface area contributed by atoms with Crippen LogP contribution in [0.5, 0.6) is 0 Å². The Hall–Kier alpha value is -1.33. The van der Waals surface area contributed by atoms with Crippen molar-refractivity contribution < 1.29 is 0 Å². The molecule has 4 nitrogen and oxygen atoms in total. The Morgan fingerprint density at radius 3 is 2.81 bits per heavy atom. The first-order valence-corrected chi connectivity index (χ1v) is 8.36. The maximum Gasteiger partial charge on any atom is 0.131 e. The molecule has 0 aromatic carbocycles. The molecule has 0 amide bonds. The molecule has 2 heterocycles. The minimum atomic E-state index is 0.480. The number of aryl methyl sites for hydroxylation is 2. The summed E-state index contributed by atoms with van der Waals surface area (Å²) in [6.45, 7) is 8.32. The Labute approximate surface area is 131 Å². The lowest BCUT2D eigenvalue weighted by atomic mass is 10.2. The number of nitrogens with zero attached hydrogens (tertiary/aromatic N) is 3. The molecule has 0 aliphatic carbocycles. The van der Waals surface area contributed by atoms with E-state index in [0.29, 0.717) is 6.04 Å². The summed E-state index contributed by atoms with van der Waals surface area (Å²) in [4.78, 5) is 3.75. The van der Waals surface area contributed by atoms with Crippen LogP contribution < -0.4 is 10.2 Å². The molecule has 1 N–H and O–H groups in total. The smallest absolute Gasteiger partial charge is 0.131 e. The lowest BCUT2D eigenvalue weighted by Gasteiger charge is -2.21. The fourth-order valence-corrected chi connectivity index (χ4v) is 3.22. The van der Waals surface area contributed by atoms with E-state index in [0.717, 1.165) is 25.2 Å². The Morgan fingerprint density at radius 1 is 1.43 bits per heavy atom. The monoisotopic (exact) mass is 306 g/mol. The van der Waals surface area contributed by atoms with Crippen molar-refractivity contribution in [1.29, 1.82) is 0 Å². The summed E-state index contributed by atoms with van der Waals surface area (Å²) in [5, 5.41) is 10.2. The summed E-state index contributed by atoms with van der Waals surface area (Å²) in [6.07, 6.45) is 1.08. The SMILES string of the molecule is Cc1nn(C)c(N(C)CCc2cccs2)c1CNC(C)C. The third-order valence-electron chi connectivity index (χ3n) is 3.64. The van der Waals surface area contributed by atoms with E-state index in [4.69, 9.17) is 0 Å². The Kier molecular flexibility index (Phi) is 5.42. The summed E-state index contributed by atoms with van der Waals surface area (Å²) >= 11 is 1.83. The molecule has 0 saturated heterocycles. The number of anilines is 1. The first kappa shape index (κ1) is 16.0. The fourth-order valence-electron chi connectivity index (χ4n) is 2.52. The predicted molar refractivity (Wildman–Crippen MR) is 91.2 cm³/mol. The van der Waals surface area contributed by atoms with Crippen LogP contribution in [0.4, 0.5) is 5.82 Å². The minimum Gasteiger partial charge on any atom is -0.359 e. The van der Waals surface area contributed by atoms with Gasteiger partial charge in [0.2, 0.25) is 0 Å². The van der Waals surface area contributed by atoms with Gasteiger partial charge in [0.15, 0.2) is 0 Å². The van der Waals surface area contributed by atoms with Crippen molar-refractivity contribution in [3.05, 3.63) is 33.6 Å². The van der Waals surface area contributed by atoms with Crippen molar-refractivity contribution in [2.45, 2.75) is 39.8 Å². The third kappa shape index (κ3) is 4.08. The van der Waals surface area contributed by atoms with E-state index in [1.165, 1.54) is 16.3 Å². The zero-order valence-corrected chi connectivity index (χ0v) is 14.5. The number of hydrogen-bond acceptors (Lipinski definition) is 4. The second-order valence-electron chi connectivity index (χ2n) is 5.80. The zero-order chi connectivity index (χ0) is 15.4. The molecule has 0 spiro atoms. The summed E-state index contributed by atoms with van der Waals surface area (Å²) in [5.74, 6) is 1.22. The van der Waals surface area contributed by atoms with Crippen molar-refractivity contribution >= 4 is 17.2 Å². The van der Waals surface area contributed by atoms with Crippen LogP contribution in [0.2, 0.25) is 0 Å². The molecule has 0 aliphatic rings. The van der Waals surface area contributed by atoms with Crippen LogP contribution >= 0.6 is 11.3 Å². The van der Waals surface area contributed by atoms with E-state index >= 15 is 0 Å². The molecule has 0 aliphatic heterocycles. The molecule has 0 bridgehead atoms. The zero-order valence-electron chi connectivity index (χ0n) is 13.7. The van der Waals surface area contributed by atoms with Gasteiger partial charge in [0.1, 0.15) is 5.82 Å². The quantitative estimate of drug-likeness (QED) is 0.854. The number of aromatic nitrogens is 2. The van der Waals surface area contributed by atoms with Gasteiger partial charge in [0.25, 0.3) is 0 Å². The first-order chi connectivity index (χ1) is 9.99. The molecule has 0 unspecified atom stereocenters. The highest BCUT2D eigenvalue weighted by Gasteiger charge is 2.17. The molecular formula is C16H26N4S. The number of thiophene rings is 1. The van der Waals surface area contributed by atoms with E-state index in [9.17, 15) is 0 Å². The van der Waals surface area contributed by atoms with Gasteiger partial charge >= 0.3 is 0 Å². The summed E-state index contributed by atoms with van der Waals surface area (Å²) in [5.41, 5.74) is 2.42. The number of rotatable bonds is 7. The minimum absolute atomic E-state index is 0.480. The third-order valence-corrected chi connectivity index (χ3v) is 4.57. The molecule has 2 rings (SSSR count). The highest BCUT2D eigenvalue weighted by Crippen LogP contribution is 2.23. The van der Waals surface area contributed by atoms with Gasteiger partial charge in [-0.1, -0.05) is 19.9 Å². The summed E-state index contributed by atoms with van der Waals surface area (Å²) in [7, 11) is 4.19. The molecule has 0 saturated carbocycles. The van der Waals surface area contributed by atoms with Crippen molar-refractivity contribution in [2.24, 2.45) is 7.05 Å². The Morgan fingerprint density at radius 2 is 2.19 bits per heavy atom. The van der Waals surface area contributed by atoms with Crippen LogP contribution in [0.15, 0.2) is 17.5 Å². The molecule has 0 atom stereocenters. The number of hydrogen-bond donors (Lipinski definition) is 1. The van der Waals surface area contributed by atoms with E-state index in [1.807, 2.05) is 23.1 Å². The maximum atomic E-state index is 4.59. The van der Waals surface area contributed by atoms with E-state index in [2.05, 4.69) is 60.6 Å². The highest BCUT2D eigenvalue weighted by atomic mass is 32.1. The molecule has 2 aromatic rings. The topological polar surface area (TPSA) is 33.1 Å². The molecule has 5 heteroatoms. The lowest BCUT2D eigenvalue weighted by molar-refractivity contribution is 0.586. The van der Waals surface area contributed by atoms with Crippen molar-refractivity contribution in [2.75, 3.05) is 18.5 Å². The van der Waals surface area contributed by atoms with Crippen LogP contribution in [-0.4, -0.2) is 29.4 Å². The van der Waals surface area contributed by atoms with Crippen LogP contribution in [0, 0.1) is 6.92 Å². The van der Waals surface area contributed by atoms with E-state index in [1.54, 1.807) is 0 Å². The molecule has 0 radical (unpaired) electrons. The van der Waals surface area contributed by atoms with Gasteiger partial charge in [0, 0.05) is 43.7 Å². The largest absolute Gasteiger partial charge is 0.359 e. The van der Waals surface area contributed by atoms with E-state index < -0.39 is 0 Å². The predicted octanol–water partition coefficient (Wildman–Crippen LogP) is 2.97. The Bertz CT molecular complexity index is 557. The summed E-state index contributed by atoms with van der Waals surface area (Å²) < 4.78 is 2.00. The van der Waals surface area contributed by atoms with Gasteiger partial charge in [-0.25, -0.2) is 0 Å². The fraction of sp³-hybridized carbons (Fsp3) is 0.562. The molecule has 0 fully saturated rings. The average molecular weight is 306 g/mol. The number of nitrogens with one attached hydrogen (secondary N) is 1. The van der Waals surface area contributed by atoms with Gasteiger partial charge in [0.05, 0.1) is 5.69 Å². The second-order valence-corrected chi connectivity index (χ2v) is 6.83. The average Bonchev–Trinajstić information content (AvgIpc) is 3.01. The van der Waals surface area contributed by atoms with Crippen LogP contribution in [0.3, 0.4) is 0 Å². The van der Waals surface area contributed by atoms with Crippen LogP contribution in [0.25, 0.3) is 0 Å². The van der Waals surface area contributed by atoms with Crippen molar-refractivity contribution in [1.82, 2.24) is 15.1 Å². The van der Waals surface area contributed by atoms with E-state index in [-0.39, 0.29) is 0 Å². The molecule has 116 valence electrons. The van der Waals surface area contributed by atoms with Gasteiger partial charge < -0.3 is 10.2 Å². The molecule has 21 heavy (non-hydrogen) atoms. The van der Waals surface area contributed by atoms with Crippen molar-refractivity contribution in [3.8, 4) is 0 Å². The van der Waals surface area contributed by atoms with Crippen molar-refractivity contribution in [3.63, 3.8) is 0 Å². The van der Waals surface area contributed by atoms with Gasteiger partial charge in [-0.3, -0.25) is 4.68 Å². The van der Waals surface area contributed by atoms with Crippen LogP contribution in [0.1, 0.15) is 30.0 Å². The van der Waals surface area contributed by atoms with Crippen LogP contribution in [-0.2, 0) is 20.0 Å². The van der Waals surface area contributed by atoms with Gasteiger partial charge in [-0.15, -0.1) is 11.3 Å².